The zero-order valence-corrected chi connectivity index (χ0v) is 25.9. The minimum atomic E-state index is -1.88. The summed E-state index contributed by atoms with van der Waals surface area (Å²) in [7, 11) is 0. The van der Waals surface area contributed by atoms with E-state index in [9.17, 15) is 4.79 Å². The van der Waals surface area contributed by atoms with E-state index in [0.29, 0.717) is 10.1 Å². The van der Waals surface area contributed by atoms with Crippen molar-refractivity contribution < 1.29 is 46.5 Å². The van der Waals surface area contributed by atoms with Crippen LogP contribution in [0.2, 0.25) is 13.1 Å². The van der Waals surface area contributed by atoms with E-state index in [-0.39, 0.29) is 30.2 Å². The van der Waals surface area contributed by atoms with Crippen molar-refractivity contribution in [3.8, 4) is 11.1 Å². The van der Waals surface area contributed by atoms with Crippen LogP contribution in [0.3, 0.4) is 0 Å². The van der Waals surface area contributed by atoms with Gasteiger partial charge in [0.15, 0.2) is 0 Å². The monoisotopic (exact) mass is 573 g/mol. The number of rotatable bonds is 4. The minimum Gasteiger partial charge on any atom is -1.00 e. The number of fused-ring (bicyclic) bond motifs is 1. The molecule has 5 aliphatic carbocycles. The summed E-state index contributed by atoms with van der Waals surface area (Å²) in [5.74, 6) is 2.92. The maximum atomic E-state index is 14.0. The first-order valence-corrected chi connectivity index (χ1v) is 19.7. The van der Waals surface area contributed by atoms with E-state index in [0.717, 1.165) is 17.8 Å². The normalized spacial score (nSPS) is 28.7. The van der Waals surface area contributed by atoms with Crippen LogP contribution in [0.15, 0.2) is 48.0 Å². The molecule has 1 N–H and O–H groups in total. The number of halogens is 2. The van der Waals surface area contributed by atoms with Crippen LogP contribution in [-0.4, -0.2) is 12.1 Å². The number of allylic oxidation sites excluding steroid dienone is 1. The molecule has 1 unspecified atom stereocenters. The SMILES string of the molecule is CC1=Cc2c(-c3ccc(C)cc3)cccc2[CH]1[Ti+2]([NH]C(=O)C12CC3CC(CC(C3)C1)C2)=[Si](C)C.[Cl-].[Cl-]. The second-order valence-electron chi connectivity index (χ2n) is 12.1. The molecule has 0 heterocycles. The van der Waals surface area contributed by atoms with E-state index in [2.05, 4.69) is 79.3 Å². The molecule has 190 valence electrons. The number of amides is 1. The maximum Gasteiger partial charge on any atom is -1.00 e. The molecule has 1 atom stereocenters. The maximum absolute atomic E-state index is 14.0. The fourth-order valence-electron chi connectivity index (χ4n) is 8.05. The largest absolute Gasteiger partial charge is 1.00 e. The Morgan fingerprint density at radius 2 is 1.50 bits per heavy atom. The van der Waals surface area contributed by atoms with E-state index in [1.165, 1.54) is 71.9 Å². The van der Waals surface area contributed by atoms with Crippen molar-refractivity contribution in [1.29, 1.82) is 0 Å². The van der Waals surface area contributed by atoms with Gasteiger partial charge in [-0.05, 0) is 0 Å². The van der Waals surface area contributed by atoms with E-state index < -0.39 is 23.0 Å². The Labute approximate surface area is 235 Å². The molecule has 5 aliphatic rings. The number of aryl methyl sites for hydroxylation is 1. The summed E-state index contributed by atoms with van der Waals surface area (Å²) in [6.45, 7) is 9.37. The number of hydrogen-bond donors (Lipinski definition) is 1. The van der Waals surface area contributed by atoms with Crippen molar-refractivity contribution in [3.63, 3.8) is 0 Å². The molecule has 1 amide bonds. The third-order valence-electron chi connectivity index (χ3n) is 9.24. The predicted molar refractivity (Wildman–Crippen MR) is 139 cm³/mol. The van der Waals surface area contributed by atoms with Gasteiger partial charge in [-0.15, -0.1) is 0 Å². The van der Waals surface area contributed by atoms with Gasteiger partial charge in [0.2, 0.25) is 0 Å². The Hall–Kier alpha value is -0.839. The van der Waals surface area contributed by atoms with Crippen LogP contribution < -0.4 is 28.6 Å². The van der Waals surface area contributed by atoms with Crippen molar-refractivity contribution in [1.82, 2.24) is 3.80 Å². The van der Waals surface area contributed by atoms with Crippen LogP contribution in [0.1, 0.15) is 66.4 Å². The fourth-order valence-corrected chi connectivity index (χ4v) is 17.5. The van der Waals surface area contributed by atoms with E-state index >= 15 is 0 Å². The molecule has 4 saturated carbocycles. The Kier molecular flexibility index (Phi) is 8.40. The van der Waals surface area contributed by atoms with Crippen LogP contribution in [0.5, 0.6) is 0 Å². The van der Waals surface area contributed by atoms with Crippen molar-refractivity contribution in [3.05, 3.63) is 64.7 Å². The molecule has 36 heavy (non-hydrogen) atoms. The third kappa shape index (κ3) is 4.84. The Morgan fingerprint density at radius 1 is 0.917 bits per heavy atom. The standard InChI is InChI=1S/C17H15.C11H17NO.C2H6Si.2ClH.Ti/c1-12-6-8-14(9-7-12)16-5-3-4-15-10-13(2)11-17(15)16;12-10(13)11-4-7-1-8(5-11)3-9(2-7)6-11;1-3-2;;;/h3-11H,1-2H3;7-9H,1-6H2,(H2,12,13);1-2H3;2*1H;/q;;;;;+3/p-3. The summed E-state index contributed by atoms with van der Waals surface area (Å²) in [6.07, 6.45) is 9.53. The zero-order valence-electron chi connectivity index (χ0n) is 21.8. The van der Waals surface area contributed by atoms with Gasteiger partial charge in [0.1, 0.15) is 0 Å². The zero-order chi connectivity index (χ0) is 23.6. The van der Waals surface area contributed by atoms with Gasteiger partial charge in [0, 0.05) is 0 Å². The molecule has 2 aromatic rings. The predicted octanol–water partition coefficient (Wildman–Crippen LogP) is 1.24. The van der Waals surface area contributed by atoms with Gasteiger partial charge in [-0.3, -0.25) is 0 Å². The number of hydrogen-bond acceptors (Lipinski definition) is 1. The minimum absolute atomic E-state index is 0. The van der Waals surface area contributed by atoms with Gasteiger partial charge in [-0.2, -0.15) is 0 Å². The first-order valence-electron chi connectivity index (χ1n) is 13.2. The van der Waals surface area contributed by atoms with E-state index in [1.54, 1.807) is 0 Å². The molecule has 0 aliphatic heterocycles. The molecular formula is C30H37Cl2NOSiTi. The number of carbonyl (C=O) groups excluding carboxylic acids is 1. The van der Waals surface area contributed by atoms with Crippen molar-refractivity contribution in [2.45, 2.75) is 69.7 Å². The van der Waals surface area contributed by atoms with Crippen LogP contribution in [0, 0.1) is 30.1 Å². The Morgan fingerprint density at radius 3 is 2.06 bits per heavy atom. The van der Waals surface area contributed by atoms with Crippen LogP contribution >= 0.6 is 0 Å². The second kappa shape index (κ2) is 10.7. The summed E-state index contributed by atoms with van der Waals surface area (Å²) >= 11 is -1.88. The van der Waals surface area contributed by atoms with Gasteiger partial charge in [0.05, 0.1) is 0 Å². The fraction of sp³-hybridized carbons (Fsp3) is 0.500. The van der Waals surface area contributed by atoms with Crippen molar-refractivity contribution in [2.24, 2.45) is 23.2 Å². The summed E-state index contributed by atoms with van der Waals surface area (Å²) in [6, 6.07) is 15.8. The van der Waals surface area contributed by atoms with Gasteiger partial charge in [-0.25, -0.2) is 0 Å². The summed E-state index contributed by atoms with van der Waals surface area (Å²) < 4.78 is 4.35. The smallest absolute Gasteiger partial charge is 1.00 e. The van der Waals surface area contributed by atoms with Gasteiger partial charge in [-0.1, -0.05) is 0 Å². The average molecular weight is 574 g/mol. The molecule has 4 bridgehead atoms. The Balaban J connectivity index is 0.00000152. The molecule has 4 fully saturated rings. The molecule has 6 heteroatoms. The van der Waals surface area contributed by atoms with Crippen LogP contribution in [0.4, 0.5) is 0 Å². The van der Waals surface area contributed by atoms with Gasteiger partial charge in [0.25, 0.3) is 0 Å². The second-order valence-corrected chi connectivity index (χ2v) is 23.6. The summed E-state index contributed by atoms with van der Waals surface area (Å²) in [4.78, 5) is 14.0. The topological polar surface area (TPSA) is 29.1 Å². The van der Waals surface area contributed by atoms with E-state index in [4.69, 9.17) is 0 Å². The molecule has 0 aromatic heterocycles. The first kappa shape index (κ1) is 28.2. The van der Waals surface area contributed by atoms with Gasteiger partial charge < -0.3 is 24.8 Å². The molecule has 0 spiro atoms. The molecule has 0 saturated heterocycles. The number of carbonyl (C=O) groups is 1. The van der Waals surface area contributed by atoms with Crippen molar-refractivity contribution in [2.75, 3.05) is 0 Å². The summed E-state index contributed by atoms with van der Waals surface area (Å²) in [5.41, 5.74) is 8.24. The Bertz CT molecular complexity index is 1200. The number of benzene rings is 2. The summed E-state index contributed by atoms with van der Waals surface area (Å²) in [5, 5.41) is 0. The molecule has 0 radical (unpaired) electrons. The molecule has 2 nitrogen and oxygen atoms in total. The first-order chi connectivity index (χ1) is 16.3. The molecular weight excluding hydrogens is 537 g/mol. The van der Waals surface area contributed by atoms with Crippen molar-refractivity contribution >= 4 is 18.2 Å². The van der Waals surface area contributed by atoms with Crippen LogP contribution in [0.25, 0.3) is 17.2 Å². The quantitative estimate of drug-likeness (QED) is 0.548. The third-order valence-corrected chi connectivity index (χ3v) is 19.9. The molecule has 7 rings (SSSR count). The van der Waals surface area contributed by atoms with Crippen LogP contribution in [-0.2, 0) is 21.7 Å². The average Bonchev–Trinajstić information content (AvgIpc) is 3.12. The molecule has 2 aromatic carbocycles. The number of nitrogens with one attached hydrogen (secondary N) is 1. The van der Waals surface area contributed by atoms with Gasteiger partial charge >= 0.3 is 212 Å². The van der Waals surface area contributed by atoms with E-state index in [1.807, 2.05) is 0 Å².